The van der Waals surface area contributed by atoms with E-state index in [0.29, 0.717) is 5.92 Å². The van der Waals surface area contributed by atoms with Crippen LogP contribution in [-0.2, 0) is 0 Å². The maximum Gasteiger partial charge on any atom is 0.0763 e. The van der Waals surface area contributed by atoms with Gasteiger partial charge in [0.1, 0.15) is 0 Å². The first-order chi connectivity index (χ1) is 6.72. The zero-order valence-electron chi connectivity index (χ0n) is 8.27. The van der Waals surface area contributed by atoms with Crippen LogP contribution in [0.2, 0.25) is 0 Å². The summed E-state index contributed by atoms with van der Waals surface area (Å²) in [4.78, 5) is 0. The molecule has 1 fully saturated rings. The Morgan fingerprint density at radius 2 is 2.00 bits per heavy atom. The molecule has 3 unspecified atom stereocenters. The Morgan fingerprint density at radius 1 is 1.29 bits per heavy atom. The highest BCUT2D eigenvalue weighted by Crippen LogP contribution is 2.66. The van der Waals surface area contributed by atoms with Crippen LogP contribution in [0.15, 0.2) is 36.4 Å². The summed E-state index contributed by atoms with van der Waals surface area (Å²) in [7, 11) is 0. The molecule has 1 N–H and O–H groups in total. The number of rotatable bonds is 1. The second-order valence-electron chi connectivity index (χ2n) is 4.67. The third-order valence-corrected chi connectivity index (χ3v) is 3.75. The van der Waals surface area contributed by atoms with Gasteiger partial charge in [-0.3, -0.25) is 0 Å². The Labute approximate surface area is 84.1 Å². The van der Waals surface area contributed by atoms with Gasteiger partial charge in [0, 0.05) is 0 Å². The van der Waals surface area contributed by atoms with Crippen LogP contribution < -0.4 is 0 Å². The van der Waals surface area contributed by atoms with Gasteiger partial charge >= 0.3 is 0 Å². The molecule has 1 aromatic carbocycles. The molecule has 1 heteroatoms. The predicted octanol–water partition coefficient (Wildman–Crippen LogP) is 2.47. The topological polar surface area (TPSA) is 20.2 Å². The number of allylic oxidation sites excluding steroid dienone is 1. The first-order valence-corrected chi connectivity index (χ1v) is 5.17. The lowest BCUT2D eigenvalue weighted by Crippen LogP contribution is -2.02. The quantitative estimate of drug-likeness (QED) is 0.714. The number of hydrogen-bond acceptors (Lipinski definition) is 1. The van der Waals surface area contributed by atoms with Gasteiger partial charge in [-0.15, -0.1) is 0 Å². The van der Waals surface area contributed by atoms with E-state index in [9.17, 15) is 5.11 Å². The lowest BCUT2D eigenvalue weighted by atomic mass is 9.93. The van der Waals surface area contributed by atoms with Crippen LogP contribution in [0.25, 0.3) is 5.57 Å². The summed E-state index contributed by atoms with van der Waals surface area (Å²) >= 11 is 0. The van der Waals surface area contributed by atoms with Crippen molar-refractivity contribution in [1.82, 2.24) is 0 Å². The number of aliphatic hydroxyl groups excluding tert-OH is 1. The fourth-order valence-corrected chi connectivity index (χ4v) is 2.73. The van der Waals surface area contributed by atoms with Crippen molar-refractivity contribution in [2.75, 3.05) is 0 Å². The molecule has 1 nitrogen and oxygen atoms in total. The third-order valence-electron chi connectivity index (χ3n) is 3.75. The monoisotopic (exact) mass is 186 g/mol. The van der Waals surface area contributed by atoms with Crippen molar-refractivity contribution in [1.29, 1.82) is 0 Å². The van der Waals surface area contributed by atoms with E-state index in [1.54, 1.807) is 0 Å². The zero-order valence-corrected chi connectivity index (χ0v) is 8.27. The zero-order chi connectivity index (χ0) is 9.76. The smallest absolute Gasteiger partial charge is 0.0763 e. The van der Waals surface area contributed by atoms with Gasteiger partial charge in [-0.1, -0.05) is 43.3 Å². The predicted molar refractivity (Wildman–Crippen MR) is 56.6 cm³/mol. The summed E-state index contributed by atoms with van der Waals surface area (Å²) in [6.45, 7) is 2.26. The highest BCUT2D eigenvalue weighted by atomic mass is 16.3. The van der Waals surface area contributed by atoms with Crippen LogP contribution in [0, 0.1) is 11.3 Å². The van der Waals surface area contributed by atoms with E-state index in [-0.39, 0.29) is 11.5 Å². The second-order valence-corrected chi connectivity index (χ2v) is 4.67. The maximum atomic E-state index is 9.76. The highest BCUT2D eigenvalue weighted by molar-refractivity contribution is 5.76. The molecule has 0 heterocycles. The largest absolute Gasteiger partial charge is 0.389 e. The number of fused-ring (bicyclic) bond motifs is 1. The van der Waals surface area contributed by atoms with Crippen molar-refractivity contribution in [2.24, 2.45) is 11.3 Å². The minimum Gasteiger partial charge on any atom is -0.389 e. The maximum absolute atomic E-state index is 9.76. The molecule has 72 valence electrons. The molecule has 2 aliphatic carbocycles. The standard InChI is InChI=1S/C13H14O/c1-13-8-11(13)12(14)7-10(13)9-5-3-2-4-6-9/h2-7,11-12,14H,8H2,1H3. The Bertz CT molecular complexity index is 393. The first-order valence-electron chi connectivity index (χ1n) is 5.17. The SMILES string of the molecule is CC12CC1C(O)C=C2c1ccccc1. The fourth-order valence-electron chi connectivity index (χ4n) is 2.73. The van der Waals surface area contributed by atoms with E-state index in [1.807, 2.05) is 12.1 Å². The van der Waals surface area contributed by atoms with Gasteiger partial charge in [-0.25, -0.2) is 0 Å². The Kier molecular flexibility index (Phi) is 1.46. The summed E-state index contributed by atoms with van der Waals surface area (Å²) in [6.07, 6.45) is 2.97. The summed E-state index contributed by atoms with van der Waals surface area (Å²) in [6, 6.07) is 10.4. The van der Waals surface area contributed by atoms with Gasteiger partial charge in [0.05, 0.1) is 6.10 Å². The molecule has 0 aliphatic heterocycles. The molecule has 1 saturated carbocycles. The molecule has 0 saturated heterocycles. The Balaban J connectivity index is 2.04. The van der Waals surface area contributed by atoms with Gasteiger partial charge in [-0.05, 0) is 28.9 Å². The van der Waals surface area contributed by atoms with Crippen molar-refractivity contribution in [3.05, 3.63) is 42.0 Å². The fraction of sp³-hybridized carbons (Fsp3) is 0.385. The van der Waals surface area contributed by atoms with Crippen LogP contribution in [0.4, 0.5) is 0 Å². The molecule has 0 bridgehead atoms. The average Bonchev–Trinajstić information content (AvgIpc) is 2.83. The number of benzene rings is 1. The van der Waals surface area contributed by atoms with Crippen LogP contribution in [-0.4, -0.2) is 11.2 Å². The molecule has 14 heavy (non-hydrogen) atoms. The summed E-state index contributed by atoms with van der Waals surface area (Å²) in [5.74, 6) is 0.484. The van der Waals surface area contributed by atoms with E-state index in [0.717, 1.165) is 6.42 Å². The molecule has 0 amide bonds. The van der Waals surface area contributed by atoms with Gasteiger partial charge in [0.15, 0.2) is 0 Å². The molecule has 3 rings (SSSR count). The molecule has 3 atom stereocenters. The lowest BCUT2D eigenvalue weighted by Gasteiger charge is -2.11. The molecular formula is C13H14O. The van der Waals surface area contributed by atoms with Gasteiger partial charge in [0.2, 0.25) is 0 Å². The summed E-state index contributed by atoms with van der Waals surface area (Å²) in [5.41, 5.74) is 2.88. The van der Waals surface area contributed by atoms with Crippen molar-refractivity contribution < 1.29 is 5.11 Å². The van der Waals surface area contributed by atoms with E-state index in [4.69, 9.17) is 0 Å². The van der Waals surface area contributed by atoms with Gasteiger partial charge < -0.3 is 5.11 Å². The van der Waals surface area contributed by atoms with E-state index < -0.39 is 0 Å². The highest BCUT2D eigenvalue weighted by Gasteiger charge is 2.59. The van der Waals surface area contributed by atoms with Gasteiger partial charge in [-0.2, -0.15) is 0 Å². The van der Waals surface area contributed by atoms with Crippen LogP contribution in [0.1, 0.15) is 18.9 Å². The molecule has 0 radical (unpaired) electrons. The Morgan fingerprint density at radius 3 is 2.50 bits per heavy atom. The van der Waals surface area contributed by atoms with Crippen molar-refractivity contribution >= 4 is 5.57 Å². The third kappa shape index (κ3) is 0.934. The lowest BCUT2D eigenvalue weighted by molar-refractivity contribution is 0.197. The Hall–Kier alpha value is -1.08. The van der Waals surface area contributed by atoms with Crippen LogP contribution in [0.5, 0.6) is 0 Å². The van der Waals surface area contributed by atoms with Crippen LogP contribution in [0.3, 0.4) is 0 Å². The molecule has 2 aliphatic rings. The molecule has 0 spiro atoms. The number of aliphatic hydroxyl groups is 1. The van der Waals surface area contributed by atoms with Crippen molar-refractivity contribution in [3.8, 4) is 0 Å². The van der Waals surface area contributed by atoms with Gasteiger partial charge in [0.25, 0.3) is 0 Å². The number of hydrogen-bond donors (Lipinski definition) is 1. The molecule has 0 aromatic heterocycles. The average molecular weight is 186 g/mol. The van der Waals surface area contributed by atoms with Crippen LogP contribution >= 0.6 is 0 Å². The summed E-state index contributed by atoms with van der Waals surface area (Å²) in [5, 5.41) is 9.76. The van der Waals surface area contributed by atoms with Crippen molar-refractivity contribution in [2.45, 2.75) is 19.4 Å². The first kappa shape index (κ1) is 8.25. The molecular weight excluding hydrogens is 172 g/mol. The van der Waals surface area contributed by atoms with E-state index in [1.165, 1.54) is 11.1 Å². The summed E-state index contributed by atoms with van der Waals surface area (Å²) < 4.78 is 0. The second kappa shape index (κ2) is 2.48. The molecule has 1 aromatic rings. The normalized spacial score (nSPS) is 39.1. The van der Waals surface area contributed by atoms with Crippen molar-refractivity contribution in [3.63, 3.8) is 0 Å². The van der Waals surface area contributed by atoms with E-state index >= 15 is 0 Å². The minimum atomic E-state index is -0.213. The minimum absolute atomic E-state index is 0.213. The van der Waals surface area contributed by atoms with E-state index in [2.05, 4.69) is 31.2 Å².